The monoisotopic (exact) mass is 286 g/mol. The van der Waals surface area contributed by atoms with Crippen molar-refractivity contribution in [2.45, 2.75) is 26.4 Å². The molecular weight excluding hydrogens is 264 g/mol. The lowest BCUT2D eigenvalue weighted by molar-refractivity contribution is -0.131. The number of rotatable bonds is 8. The van der Waals surface area contributed by atoms with Crippen LogP contribution in [-0.4, -0.2) is 23.9 Å². The van der Waals surface area contributed by atoms with Crippen molar-refractivity contribution in [2.24, 2.45) is 0 Å². The lowest BCUT2D eigenvalue weighted by atomic mass is 10.2. The van der Waals surface area contributed by atoms with Crippen LogP contribution in [0.15, 0.2) is 53.1 Å². The number of nitrogens with zero attached hydrogens (tertiary/aromatic N) is 1. The van der Waals surface area contributed by atoms with Crippen molar-refractivity contribution >= 4 is 5.91 Å². The van der Waals surface area contributed by atoms with Crippen molar-refractivity contribution in [3.8, 4) is 0 Å². The van der Waals surface area contributed by atoms with E-state index in [9.17, 15) is 4.79 Å². The average molecular weight is 286 g/mol. The van der Waals surface area contributed by atoms with Gasteiger partial charge in [0, 0.05) is 6.54 Å². The minimum atomic E-state index is 0.0868. The van der Waals surface area contributed by atoms with Crippen LogP contribution in [0.25, 0.3) is 0 Å². The molecule has 0 atom stereocenters. The Morgan fingerprint density at radius 2 is 1.95 bits per heavy atom. The van der Waals surface area contributed by atoms with Crippen LogP contribution in [0.3, 0.4) is 0 Å². The Balaban J connectivity index is 2.00. The zero-order valence-electron chi connectivity index (χ0n) is 12.4. The molecule has 1 heterocycles. The van der Waals surface area contributed by atoms with Gasteiger partial charge < -0.3 is 14.6 Å². The van der Waals surface area contributed by atoms with Crippen molar-refractivity contribution in [2.75, 3.05) is 13.1 Å². The lowest BCUT2D eigenvalue weighted by Crippen LogP contribution is -2.37. The average Bonchev–Trinajstić information content (AvgIpc) is 3.01. The third-order valence-electron chi connectivity index (χ3n) is 3.20. The number of nitrogens with one attached hydrogen (secondary N) is 1. The van der Waals surface area contributed by atoms with Crippen molar-refractivity contribution < 1.29 is 9.21 Å². The minimum Gasteiger partial charge on any atom is -0.467 e. The maximum Gasteiger partial charge on any atom is 0.237 e. The second-order valence-electron chi connectivity index (χ2n) is 4.99. The summed E-state index contributed by atoms with van der Waals surface area (Å²) in [6.45, 7) is 4.39. The van der Waals surface area contributed by atoms with Gasteiger partial charge in [-0.05, 0) is 30.7 Å². The first-order chi connectivity index (χ1) is 10.3. The van der Waals surface area contributed by atoms with Crippen LogP contribution in [0.2, 0.25) is 0 Å². The maximum absolute atomic E-state index is 12.4. The van der Waals surface area contributed by atoms with Crippen LogP contribution >= 0.6 is 0 Å². The molecule has 0 aliphatic carbocycles. The van der Waals surface area contributed by atoms with E-state index in [1.165, 1.54) is 0 Å². The molecule has 4 nitrogen and oxygen atoms in total. The van der Waals surface area contributed by atoms with Crippen LogP contribution in [0.1, 0.15) is 24.7 Å². The van der Waals surface area contributed by atoms with Gasteiger partial charge in [0.1, 0.15) is 5.76 Å². The summed E-state index contributed by atoms with van der Waals surface area (Å²) in [5.41, 5.74) is 1.12. The van der Waals surface area contributed by atoms with Gasteiger partial charge in [-0.25, -0.2) is 0 Å². The third kappa shape index (κ3) is 5.08. The molecule has 1 aromatic heterocycles. The summed E-state index contributed by atoms with van der Waals surface area (Å²) in [5.74, 6) is 0.887. The van der Waals surface area contributed by atoms with Crippen molar-refractivity contribution in [1.29, 1.82) is 0 Å². The van der Waals surface area contributed by atoms with Gasteiger partial charge in [-0.2, -0.15) is 0 Å². The third-order valence-corrected chi connectivity index (χ3v) is 3.20. The number of furan rings is 1. The normalized spacial score (nSPS) is 10.5. The topological polar surface area (TPSA) is 45.5 Å². The Bertz CT molecular complexity index is 523. The van der Waals surface area contributed by atoms with E-state index >= 15 is 0 Å². The zero-order chi connectivity index (χ0) is 14.9. The largest absolute Gasteiger partial charge is 0.467 e. The summed E-state index contributed by atoms with van der Waals surface area (Å²) in [7, 11) is 0. The first-order valence-electron chi connectivity index (χ1n) is 7.34. The molecule has 1 amide bonds. The molecule has 0 saturated heterocycles. The predicted molar refractivity (Wildman–Crippen MR) is 82.6 cm³/mol. The van der Waals surface area contributed by atoms with E-state index in [0.29, 0.717) is 19.6 Å². The molecule has 0 saturated carbocycles. The van der Waals surface area contributed by atoms with Gasteiger partial charge in [0.05, 0.1) is 19.4 Å². The summed E-state index contributed by atoms with van der Waals surface area (Å²) in [6.07, 6.45) is 2.65. The number of hydrogen-bond acceptors (Lipinski definition) is 3. The summed E-state index contributed by atoms with van der Waals surface area (Å²) in [4.78, 5) is 14.2. The Morgan fingerprint density at radius 3 is 2.62 bits per heavy atom. The van der Waals surface area contributed by atoms with Gasteiger partial charge in [0.15, 0.2) is 0 Å². The van der Waals surface area contributed by atoms with Gasteiger partial charge in [-0.3, -0.25) is 4.79 Å². The molecule has 1 N–H and O–H groups in total. The molecule has 112 valence electrons. The molecular formula is C17H22N2O2. The molecule has 4 heteroatoms. The maximum atomic E-state index is 12.4. The standard InChI is InChI=1S/C17H22N2O2/c1-2-10-18-12-17(20)19(14-16-9-6-11-21-16)13-15-7-4-3-5-8-15/h3-9,11,18H,2,10,12-14H2,1H3. The highest BCUT2D eigenvalue weighted by molar-refractivity contribution is 5.78. The highest BCUT2D eigenvalue weighted by atomic mass is 16.3. The molecule has 0 spiro atoms. The predicted octanol–water partition coefficient (Wildman–Crippen LogP) is 2.81. The van der Waals surface area contributed by atoms with Gasteiger partial charge in [-0.15, -0.1) is 0 Å². The van der Waals surface area contributed by atoms with Crippen LogP contribution in [0.4, 0.5) is 0 Å². The first-order valence-corrected chi connectivity index (χ1v) is 7.34. The van der Waals surface area contributed by atoms with Crippen LogP contribution in [0, 0.1) is 0 Å². The van der Waals surface area contributed by atoms with Crippen molar-refractivity contribution in [3.63, 3.8) is 0 Å². The molecule has 0 unspecified atom stereocenters. The fourth-order valence-corrected chi connectivity index (χ4v) is 2.11. The first kappa shape index (κ1) is 15.3. The van der Waals surface area contributed by atoms with Gasteiger partial charge in [0.25, 0.3) is 0 Å². The summed E-state index contributed by atoms with van der Waals surface area (Å²) in [5, 5.41) is 3.16. The summed E-state index contributed by atoms with van der Waals surface area (Å²) < 4.78 is 5.36. The van der Waals surface area contributed by atoms with E-state index in [-0.39, 0.29) is 5.91 Å². The number of amides is 1. The smallest absolute Gasteiger partial charge is 0.237 e. The molecule has 0 aliphatic rings. The Hall–Kier alpha value is -2.07. The van der Waals surface area contributed by atoms with Crippen LogP contribution in [-0.2, 0) is 17.9 Å². The van der Waals surface area contributed by atoms with Crippen LogP contribution < -0.4 is 5.32 Å². The number of carbonyl (C=O) groups is 1. The molecule has 21 heavy (non-hydrogen) atoms. The second-order valence-corrected chi connectivity index (χ2v) is 4.99. The van der Waals surface area contributed by atoms with Crippen molar-refractivity contribution in [1.82, 2.24) is 10.2 Å². The molecule has 0 fully saturated rings. The highest BCUT2D eigenvalue weighted by Crippen LogP contribution is 2.10. The molecule has 0 bridgehead atoms. The van der Waals surface area contributed by atoms with Gasteiger partial charge in [-0.1, -0.05) is 37.3 Å². The highest BCUT2D eigenvalue weighted by Gasteiger charge is 2.15. The molecule has 0 radical (unpaired) electrons. The number of hydrogen-bond donors (Lipinski definition) is 1. The second kappa shape index (κ2) is 8.27. The Kier molecular flexibility index (Phi) is 6.03. The van der Waals surface area contributed by atoms with Gasteiger partial charge in [0.2, 0.25) is 5.91 Å². The Morgan fingerprint density at radius 1 is 1.14 bits per heavy atom. The molecule has 0 aliphatic heterocycles. The van der Waals surface area contributed by atoms with Gasteiger partial charge >= 0.3 is 0 Å². The summed E-state index contributed by atoms with van der Waals surface area (Å²) >= 11 is 0. The number of benzene rings is 1. The van der Waals surface area contributed by atoms with E-state index in [2.05, 4.69) is 12.2 Å². The van der Waals surface area contributed by atoms with E-state index in [1.807, 2.05) is 47.4 Å². The van der Waals surface area contributed by atoms with E-state index in [1.54, 1.807) is 6.26 Å². The quantitative estimate of drug-likeness (QED) is 0.759. The SMILES string of the molecule is CCCNCC(=O)N(Cc1ccccc1)Cc1ccco1. The number of carbonyl (C=O) groups excluding carboxylic acids is 1. The van der Waals surface area contributed by atoms with Crippen molar-refractivity contribution in [3.05, 3.63) is 60.1 Å². The van der Waals surface area contributed by atoms with E-state index in [0.717, 1.165) is 24.3 Å². The fraction of sp³-hybridized carbons (Fsp3) is 0.353. The minimum absolute atomic E-state index is 0.0868. The molecule has 2 aromatic rings. The lowest BCUT2D eigenvalue weighted by Gasteiger charge is -2.22. The fourth-order valence-electron chi connectivity index (χ4n) is 2.11. The summed E-state index contributed by atoms with van der Waals surface area (Å²) in [6, 6.07) is 13.7. The van der Waals surface area contributed by atoms with E-state index in [4.69, 9.17) is 4.42 Å². The van der Waals surface area contributed by atoms with Crippen LogP contribution in [0.5, 0.6) is 0 Å². The molecule has 2 rings (SSSR count). The van der Waals surface area contributed by atoms with E-state index < -0.39 is 0 Å². The Labute approximate surface area is 125 Å². The zero-order valence-corrected chi connectivity index (χ0v) is 12.4. The molecule has 1 aromatic carbocycles.